The smallest absolute Gasteiger partial charge is 0.278 e. The molecule has 0 unspecified atom stereocenters. The third-order valence-corrected chi connectivity index (χ3v) is 9.52. The summed E-state index contributed by atoms with van der Waals surface area (Å²) >= 11 is 0. The summed E-state index contributed by atoms with van der Waals surface area (Å²) in [4.78, 5) is 68.2. The lowest BCUT2D eigenvalue weighted by atomic mass is 9.96. The van der Waals surface area contributed by atoms with E-state index in [4.69, 9.17) is 9.47 Å². The molecule has 5 atom stereocenters. The molecule has 4 amide bonds. The number of ether oxygens (including phenoxy) is 2. The second-order valence-electron chi connectivity index (χ2n) is 14.6. The molecule has 0 radical (unpaired) electrons. The molecule has 2 aromatic rings. The Morgan fingerprint density at radius 1 is 0.769 bits per heavy atom. The standard InChI is InChI=1S/C39H55N5O8/c1-5-12-30(35(46)39(4)26-52-39)41-38(49)33(24-29-15-10-7-11-16-29)43-37(48)32(23-27(2)3)42-36(47)31(18-17-28-13-8-6-9-14-28)40-34(45)25-44(50)19-21-51-22-20-44/h6-11,13-16,27,30-33,50H,5,12,17-26H2,1-4H3,(H3-,40,41,42,43,45,47,48,49)/p+1/t30-,31-,32-,33-,39+/m0/s1. The number of rotatable bonds is 20. The zero-order valence-corrected chi connectivity index (χ0v) is 30.9. The minimum Gasteiger partial charge on any atom is -0.370 e. The summed E-state index contributed by atoms with van der Waals surface area (Å²) in [6.45, 7) is 8.67. The Morgan fingerprint density at radius 2 is 1.31 bits per heavy atom. The van der Waals surface area contributed by atoms with Gasteiger partial charge in [0.1, 0.15) is 36.8 Å². The van der Waals surface area contributed by atoms with Crippen LogP contribution >= 0.6 is 0 Å². The van der Waals surface area contributed by atoms with Crippen molar-refractivity contribution in [2.24, 2.45) is 5.92 Å². The molecule has 52 heavy (non-hydrogen) atoms. The van der Waals surface area contributed by atoms with Crippen LogP contribution in [0, 0.1) is 5.92 Å². The topological polar surface area (TPSA) is 175 Å². The first-order valence-electron chi connectivity index (χ1n) is 18.4. The zero-order valence-electron chi connectivity index (χ0n) is 30.9. The van der Waals surface area contributed by atoms with Gasteiger partial charge in [0, 0.05) is 6.42 Å². The normalized spacial score (nSPS) is 20.1. The van der Waals surface area contributed by atoms with Crippen molar-refractivity contribution in [3.05, 3.63) is 71.8 Å². The monoisotopic (exact) mass is 722 g/mol. The molecule has 5 N–H and O–H groups in total. The fraction of sp³-hybridized carbons (Fsp3) is 0.564. The molecular formula is C39H56N5O8+. The number of epoxide rings is 1. The number of morpholine rings is 1. The first kappa shape index (κ1) is 40.6. The number of nitrogens with zero attached hydrogens (tertiary/aromatic N) is 1. The number of hydrogen-bond donors (Lipinski definition) is 5. The molecule has 0 spiro atoms. The number of nitrogens with one attached hydrogen (secondary N) is 4. The molecule has 13 nitrogen and oxygen atoms in total. The molecule has 2 aliphatic heterocycles. The van der Waals surface area contributed by atoms with Crippen LogP contribution in [0.15, 0.2) is 60.7 Å². The number of carbonyl (C=O) groups is 5. The largest absolute Gasteiger partial charge is 0.370 e. The van der Waals surface area contributed by atoms with E-state index in [9.17, 15) is 29.2 Å². The molecule has 2 aromatic carbocycles. The van der Waals surface area contributed by atoms with E-state index in [-0.39, 0.29) is 50.6 Å². The highest BCUT2D eigenvalue weighted by Gasteiger charge is 2.50. The summed E-state index contributed by atoms with van der Waals surface area (Å²) in [6, 6.07) is 14.9. The van der Waals surface area contributed by atoms with Crippen molar-refractivity contribution in [3.63, 3.8) is 0 Å². The van der Waals surface area contributed by atoms with Gasteiger partial charge in [0.15, 0.2) is 12.3 Å². The Morgan fingerprint density at radius 3 is 1.88 bits per heavy atom. The Kier molecular flexibility index (Phi) is 14.9. The van der Waals surface area contributed by atoms with Crippen molar-refractivity contribution in [2.75, 3.05) is 39.5 Å². The molecule has 2 saturated heterocycles. The molecule has 2 aliphatic rings. The minimum atomic E-state index is -1.05. The molecule has 284 valence electrons. The molecule has 4 rings (SSSR count). The van der Waals surface area contributed by atoms with E-state index >= 15 is 0 Å². The quantitative estimate of drug-likeness (QED) is 0.102. The summed E-state index contributed by atoms with van der Waals surface area (Å²) in [5, 5.41) is 22.3. The molecule has 0 aliphatic carbocycles. The van der Waals surface area contributed by atoms with Crippen molar-refractivity contribution in [1.29, 1.82) is 0 Å². The van der Waals surface area contributed by atoms with Gasteiger partial charge in [0.25, 0.3) is 5.91 Å². The summed E-state index contributed by atoms with van der Waals surface area (Å²) in [6.07, 6.45) is 2.22. The Hall–Kier alpha value is -4.17. The first-order chi connectivity index (χ1) is 24.8. The average Bonchev–Trinajstić information content (AvgIpc) is 3.87. The van der Waals surface area contributed by atoms with E-state index in [0.29, 0.717) is 39.1 Å². The molecule has 0 aromatic heterocycles. The second-order valence-corrected chi connectivity index (χ2v) is 14.6. The van der Waals surface area contributed by atoms with E-state index in [1.54, 1.807) is 6.92 Å². The fourth-order valence-corrected chi connectivity index (χ4v) is 6.33. The summed E-state index contributed by atoms with van der Waals surface area (Å²) in [5.41, 5.74) is 0.852. The van der Waals surface area contributed by atoms with Gasteiger partial charge in [-0.25, -0.2) is 5.21 Å². The van der Waals surface area contributed by atoms with E-state index < -0.39 is 58.0 Å². The predicted molar refractivity (Wildman–Crippen MR) is 194 cm³/mol. The molecular weight excluding hydrogens is 666 g/mol. The molecule has 0 bridgehead atoms. The highest BCUT2D eigenvalue weighted by atomic mass is 16.6. The predicted octanol–water partition coefficient (Wildman–Crippen LogP) is 2.24. The van der Waals surface area contributed by atoms with Gasteiger partial charge in [-0.2, -0.15) is 4.65 Å². The number of ketones is 1. The number of quaternary nitrogens is 1. The van der Waals surface area contributed by atoms with Crippen LogP contribution in [0.25, 0.3) is 0 Å². The van der Waals surface area contributed by atoms with Gasteiger partial charge >= 0.3 is 0 Å². The molecule has 13 heteroatoms. The van der Waals surface area contributed by atoms with Gasteiger partial charge in [-0.15, -0.1) is 0 Å². The lowest BCUT2D eigenvalue weighted by Gasteiger charge is -2.33. The Bertz CT molecular complexity index is 1490. The van der Waals surface area contributed by atoms with Crippen LogP contribution in [-0.4, -0.2) is 108 Å². The third kappa shape index (κ3) is 12.5. The average molecular weight is 723 g/mol. The van der Waals surface area contributed by atoms with Crippen LogP contribution in [-0.2, 0) is 46.3 Å². The SMILES string of the molecule is CCC[C@H](NC(=O)[C@H](Cc1ccccc1)NC(=O)[C@H](CC(C)C)NC(=O)[C@H](CCc1ccccc1)NC(=O)C[N+]1(O)CCOCC1)C(=O)[C@@]1(C)CO1. The highest BCUT2D eigenvalue weighted by Crippen LogP contribution is 2.29. The van der Waals surface area contributed by atoms with Crippen LogP contribution in [0.2, 0.25) is 0 Å². The van der Waals surface area contributed by atoms with E-state index in [1.165, 1.54) is 0 Å². The zero-order chi connectivity index (χ0) is 37.7. The van der Waals surface area contributed by atoms with E-state index in [2.05, 4.69) is 21.3 Å². The third-order valence-electron chi connectivity index (χ3n) is 9.52. The number of Topliss-reactive ketones (excluding diaryl/α,β-unsaturated/α-hetero) is 1. The maximum atomic E-state index is 14.0. The van der Waals surface area contributed by atoms with Gasteiger partial charge in [0.05, 0.1) is 25.9 Å². The van der Waals surface area contributed by atoms with Crippen molar-refractivity contribution >= 4 is 29.4 Å². The van der Waals surface area contributed by atoms with Gasteiger partial charge in [-0.3, -0.25) is 24.0 Å². The first-order valence-corrected chi connectivity index (χ1v) is 18.4. The van der Waals surface area contributed by atoms with Crippen LogP contribution < -0.4 is 21.3 Å². The molecule has 0 saturated carbocycles. The van der Waals surface area contributed by atoms with E-state index in [0.717, 1.165) is 11.1 Å². The molecule has 2 heterocycles. The second kappa shape index (κ2) is 19.1. The number of hydroxylamine groups is 3. The van der Waals surface area contributed by atoms with Gasteiger partial charge in [0.2, 0.25) is 17.7 Å². The summed E-state index contributed by atoms with van der Waals surface area (Å²) in [5.74, 6) is -2.34. The highest BCUT2D eigenvalue weighted by molar-refractivity contribution is 5.98. The fourth-order valence-electron chi connectivity index (χ4n) is 6.33. The minimum absolute atomic E-state index is 0.0132. The summed E-state index contributed by atoms with van der Waals surface area (Å²) < 4.78 is 10.2. The lowest BCUT2D eigenvalue weighted by Crippen LogP contribution is -2.60. The Balaban J connectivity index is 1.51. The lowest BCUT2D eigenvalue weighted by molar-refractivity contribution is -1.10. The Labute approximate surface area is 306 Å². The van der Waals surface area contributed by atoms with Crippen molar-refractivity contribution in [2.45, 2.75) is 96.0 Å². The maximum absolute atomic E-state index is 14.0. The maximum Gasteiger partial charge on any atom is 0.278 e. The number of benzene rings is 2. The van der Waals surface area contributed by atoms with Crippen molar-refractivity contribution in [1.82, 2.24) is 21.3 Å². The van der Waals surface area contributed by atoms with Gasteiger partial charge in [-0.1, -0.05) is 87.9 Å². The molecule has 2 fully saturated rings. The number of hydrogen-bond acceptors (Lipinski definition) is 8. The summed E-state index contributed by atoms with van der Waals surface area (Å²) in [7, 11) is 0. The van der Waals surface area contributed by atoms with Gasteiger partial charge < -0.3 is 30.7 Å². The van der Waals surface area contributed by atoms with Crippen molar-refractivity contribution in [3.8, 4) is 0 Å². The van der Waals surface area contributed by atoms with E-state index in [1.807, 2.05) is 81.4 Å². The number of aryl methyl sites for hydroxylation is 1. The van der Waals surface area contributed by atoms with Crippen LogP contribution in [0.1, 0.15) is 64.5 Å². The number of carbonyl (C=O) groups excluding carboxylic acids is 5. The van der Waals surface area contributed by atoms with Crippen LogP contribution in [0.4, 0.5) is 0 Å². The van der Waals surface area contributed by atoms with Crippen molar-refractivity contribution < 1.29 is 43.3 Å². The van der Waals surface area contributed by atoms with Crippen LogP contribution in [0.3, 0.4) is 0 Å². The van der Waals surface area contributed by atoms with Crippen LogP contribution in [0.5, 0.6) is 0 Å². The van der Waals surface area contributed by atoms with Gasteiger partial charge in [-0.05, 0) is 49.7 Å². The number of amides is 4.